The van der Waals surface area contributed by atoms with Gasteiger partial charge >= 0.3 is 0 Å². The Kier molecular flexibility index (Phi) is 6.49. The monoisotopic (exact) mass is 417 g/mol. The highest BCUT2D eigenvalue weighted by molar-refractivity contribution is 8.00. The van der Waals surface area contributed by atoms with E-state index in [1.807, 2.05) is 30.3 Å². The Morgan fingerprint density at radius 1 is 1.15 bits per heavy atom. The van der Waals surface area contributed by atoms with E-state index in [2.05, 4.69) is 10.3 Å². The molecule has 0 aliphatic rings. The molecule has 3 aromatic rings. The maximum atomic E-state index is 12.6. The van der Waals surface area contributed by atoms with Crippen LogP contribution in [0.1, 0.15) is 20.8 Å². The van der Waals surface area contributed by atoms with Gasteiger partial charge in [-0.3, -0.25) is 14.9 Å². The summed E-state index contributed by atoms with van der Waals surface area (Å²) in [5.74, 6) is -0.579. The average Bonchev–Trinajstić information content (AvgIpc) is 3.09. The molecule has 0 unspecified atom stereocenters. The van der Waals surface area contributed by atoms with Gasteiger partial charge in [-0.2, -0.15) is 0 Å². The third kappa shape index (κ3) is 5.56. The number of halogens is 1. The summed E-state index contributed by atoms with van der Waals surface area (Å²) in [7, 11) is 0. The number of primary amides is 1. The maximum Gasteiger partial charge on any atom is 0.258 e. The quantitative estimate of drug-likeness (QED) is 0.563. The van der Waals surface area contributed by atoms with Gasteiger partial charge in [0.15, 0.2) is 5.13 Å². The molecule has 27 heavy (non-hydrogen) atoms. The fraction of sp³-hybridized carbons (Fsp3) is 0.105. The highest BCUT2D eigenvalue weighted by Crippen LogP contribution is 2.26. The molecule has 0 radical (unpaired) electrons. The summed E-state index contributed by atoms with van der Waals surface area (Å²) >= 11 is 8.56. The van der Waals surface area contributed by atoms with Crippen LogP contribution >= 0.6 is 34.7 Å². The molecule has 0 aliphatic carbocycles. The van der Waals surface area contributed by atoms with Crippen molar-refractivity contribution in [3.63, 3.8) is 0 Å². The van der Waals surface area contributed by atoms with Crippen molar-refractivity contribution < 1.29 is 9.59 Å². The first-order valence-corrected chi connectivity index (χ1v) is 10.2. The van der Waals surface area contributed by atoms with Gasteiger partial charge in [-0.15, -0.1) is 23.1 Å². The van der Waals surface area contributed by atoms with Crippen LogP contribution in [0.2, 0.25) is 5.02 Å². The number of nitrogens with two attached hydrogens (primary N) is 1. The summed E-state index contributed by atoms with van der Waals surface area (Å²) in [5, 5.41) is 4.04. The standard InChI is InChI=1S/C19H16ClN3O2S2/c20-13-7-5-12(6-8-13)9-14-10-22-19(27-14)23-18(25)15-3-1-2-4-16(15)26-11-17(21)24/h1-8,10H,9,11H2,(H2,21,24)(H,22,23,25). The third-order valence-corrected chi connectivity index (χ3v) is 5.83. The molecule has 8 heteroatoms. The SMILES string of the molecule is NC(=O)CSc1ccccc1C(=O)Nc1ncc(Cc2ccc(Cl)cc2)s1. The van der Waals surface area contributed by atoms with Crippen molar-refractivity contribution in [3.8, 4) is 0 Å². The van der Waals surface area contributed by atoms with E-state index < -0.39 is 5.91 Å². The van der Waals surface area contributed by atoms with Crippen molar-refractivity contribution in [1.29, 1.82) is 0 Å². The predicted molar refractivity (Wildman–Crippen MR) is 111 cm³/mol. The number of nitrogens with one attached hydrogen (secondary N) is 1. The molecule has 5 nitrogen and oxygen atoms in total. The second-order valence-electron chi connectivity index (χ2n) is 5.64. The lowest BCUT2D eigenvalue weighted by Gasteiger charge is -2.07. The summed E-state index contributed by atoms with van der Waals surface area (Å²) in [6.45, 7) is 0. The number of rotatable bonds is 7. The first-order chi connectivity index (χ1) is 13.0. The second kappa shape index (κ2) is 9.03. The van der Waals surface area contributed by atoms with Gasteiger partial charge < -0.3 is 5.73 Å². The van der Waals surface area contributed by atoms with Crippen LogP contribution in [0.5, 0.6) is 0 Å². The fourth-order valence-corrected chi connectivity index (χ4v) is 4.10. The molecule has 0 spiro atoms. The number of nitrogens with zero attached hydrogens (tertiary/aromatic N) is 1. The van der Waals surface area contributed by atoms with Gasteiger partial charge in [-0.1, -0.05) is 35.9 Å². The number of anilines is 1. The van der Waals surface area contributed by atoms with Gasteiger partial charge in [0.05, 0.1) is 11.3 Å². The molecule has 0 saturated carbocycles. The van der Waals surface area contributed by atoms with Crippen LogP contribution in [-0.4, -0.2) is 22.6 Å². The predicted octanol–water partition coefficient (Wildman–Crippen LogP) is 4.22. The lowest BCUT2D eigenvalue weighted by atomic mass is 10.1. The lowest BCUT2D eigenvalue weighted by Crippen LogP contribution is -2.15. The van der Waals surface area contributed by atoms with Crippen LogP contribution < -0.4 is 11.1 Å². The van der Waals surface area contributed by atoms with Crippen molar-refractivity contribution in [3.05, 3.63) is 75.8 Å². The number of carbonyl (C=O) groups excluding carboxylic acids is 2. The van der Waals surface area contributed by atoms with E-state index in [-0.39, 0.29) is 11.7 Å². The Morgan fingerprint density at radius 2 is 1.89 bits per heavy atom. The Labute approximate surface area is 170 Å². The molecule has 0 saturated heterocycles. The van der Waals surface area contributed by atoms with Crippen LogP contribution in [0.15, 0.2) is 59.6 Å². The summed E-state index contributed by atoms with van der Waals surface area (Å²) < 4.78 is 0. The van der Waals surface area contributed by atoms with E-state index in [1.54, 1.807) is 24.4 Å². The molecule has 3 rings (SSSR count). The van der Waals surface area contributed by atoms with E-state index in [4.69, 9.17) is 17.3 Å². The van der Waals surface area contributed by atoms with Crippen molar-refractivity contribution in [2.45, 2.75) is 11.3 Å². The van der Waals surface area contributed by atoms with E-state index in [0.29, 0.717) is 20.6 Å². The number of thiazole rings is 1. The Hall–Kier alpha value is -2.35. The van der Waals surface area contributed by atoms with Crippen LogP contribution in [0, 0.1) is 0 Å². The van der Waals surface area contributed by atoms with Crippen molar-refractivity contribution >= 4 is 51.6 Å². The Balaban J connectivity index is 1.67. The molecule has 1 heterocycles. The number of carbonyl (C=O) groups is 2. The van der Waals surface area contributed by atoms with Crippen LogP contribution in [0.4, 0.5) is 5.13 Å². The zero-order valence-corrected chi connectivity index (χ0v) is 16.5. The minimum atomic E-state index is -0.429. The van der Waals surface area contributed by atoms with Gasteiger partial charge in [-0.25, -0.2) is 4.98 Å². The molecule has 0 atom stereocenters. The highest BCUT2D eigenvalue weighted by Gasteiger charge is 2.14. The minimum absolute atomic E-state index is 0.118. The smallest absolute Gasteiger partial charge is 0.258 e. The summed E-state index contributed by atoms with van der Waals surface area (Å²) in [5.41, 5.74) is 6.79. The molecule has 0 bridgehead atoms. The van der Waals surface area contributed by atoms with Crippen LogP contribution in [-0.2, 0) is 11.2 Å². The third-order valence-electron chi connectivity index (χ3n) is 3.57. The van der Waals surface area contributed by atoms with Gasteiger partial charge in [0, 0.05) is 27.4 Å². The van der Waals surface area contributed by atoms with Gasteiger partial charge in [0.25, 0.3) is 5.91 Å². The Morgan fingerprint density at radius 3 is 2.63 bits per heavy atom. The molecular formula is C19H16ClN3O2S2. The lowest BCUT2D eigenvalue weighted by molar-refractivity contribution is -0.115. The molecule has 0 fully saturated rings. The van der Waals surface area contributed by atoms with Gasteiger partial charge in [-0.05, 0) is 29.8 Å². The van der Waals surface area contributed by atoms with Crippen molar-refractivity contribution in [2.24, 2.45) is 5.73 Å². The Bertz CT molecular complexity index is 958. The normalized spacial score (nSPS) is 10.6. The fourth-order valence-electron chi connectivity index (χ4n) is 2.34. The van der Waals surface area contributed by atoms with E-state index in [1.165, 1.54) is 23.1 Å². The minimum Gasteiger partial charge on any atom is -0.369 e. The van der Waals surface area contributed by atoms with E-state index in [9.17, 15) is 9.59 Å². The largest absolute Gasteiger partial charge is 0.369 e. The van der Waals surface area contributed by atoms with Gasteiger partial charge in [0.1, 0.15) is 0 Å². The zero-order valence-electron chi connectivity index (χ0n) is 14.1. The number of benzene rings is 2. The number of amides is 2. The van der Waals surface area contributed by atoms with Crippen molar-refractivity contribution in [1.82, 2.24) is 4.98 Å². The molecular weight excluding hydrogens is 402 g/mol. The summed E-state index contributed by atoms with van der Waals surface area (Å²) in [6.07, 6.45) is 2.47. The topological polar surface area (TPSA) is 85.1 Å². The first kappa shape index (κ1) is 19.4. The highest BCUT2D eigenvalue weighted by atomic mass is 35.5. The first-order valence-electron chi connectivity index (χ1n) is 8.02. The zero-order chi connectivity index (χ0) is 19.2. The average molecular weight is 418 g/mol. The molecule has 0 aliphatic heterocycles. The molecule has 2 aromatic carbocycles. The number of thioether (sulfide) groups is 1. The number of aromatic nitrogens is 1. The maximum absolute atomic E-state index is 12.6. The van der Waals surface area contributed by atoms with E-state index >= 15 is 0 Å². The number of hydrogen-bond donors (Lipinski definition) is 2. The number of hydrogen-bond acceptors (Lipinski definition) is 5. The van der Waals surface area contributed by atoms with Crippen molar-refractivity contribution in [2.75, 3.05) is 11.1 Å². The van der Waals surface area contributed by atoms with E-state index in [0.717, 1.165) is 16.9 Å². The second-order valence-corrected chi connectivity index (χ2v) is 8.21. The van der Waals surface area contributed by atoms with Crippen LogP contribution in [0.3, 0.4) is 0 Å². The molecule has 3 N–H and O–H groups in total. The molecule has 1 aromatic heterocycles. The molecule has 138 valence electrons. The molecule has 2 amide bonds. The summed E-state index contributed by atoms with van der Waals surface area (Å²) in [4.78, 5) is 29.6. The van der Waals surface area contributed by atoms with Gasteiger partial charge in [0.2, 0.25) is 5.91 Å². The summed E-state index contributed by atoms with van der Waals surface area (Å²) in [6, 6.07) is 14.7. The van der Waals surface area contributed by atoms with Crippen LogP contribution in [0.25, 0.3) is 0 Å².